The first-order valence-corrected chi connectivity index (χ1v) is 19.2. The van der Waals surface area contributed by atoms with E-state index in [-0.39, 0.29) is 19.0 Å². The first-order valence-electron chi connectivity index (χ1n) is 19.2. The number of esters is 1. The highest BCUT2D eigenvalue weighted by Gasteiger charge is 2.02. The third-order valence-corrected chi connectivity index (χ3v) is 6.87. The highest BCUT2D eigenvalue weighted by atomic mass is 16.6. The fourth-order valence-corrected chi connectivity index (χ4v) is 4.00. The highest BCUT2D eigenvalue weighted by molar-refractivity contribution is 5.69. The van der Waals surface area contributed by atoms with Crippen molar-refractivity contribution in [1.29, 1.82) is 0 Å². The predicted molar refractivity (Wildman–Crippen MR) is 202 cm³/mol. The van der Waals surface area contributed by atoms with E-state index in [9.17, 15) is 9.59 Å². The molecule has 1 rings (SSSR count). The molecule has 56 heavy (non-hydrogen) atoms. The molecule has 0 spiro atoms. The number of amides is 1. The first-order chi connectivity index (χ1) is 27.7. The van der Waals surface area contributed by atoms with E-state index in [1.165, 1.54) is 7.11 Å². The normalized spacial score (nSPS) is 11.2. The van der Waals surface area contributed by atoms with Gasteiger partial charge < -0.3 is 76.4 Å². The van der Waals surface area contributed by atoms with Crippen LogP contribution in [0.15, 0.2) is 30.3 Å². The minimum Gasteiger partial charge on any atom is -0.469 e. The van der Waals surface area contributed by atoms with Gasteiger partial charge in [0.2, 0.25) is 0 Å². The van der Waals surface area contributed by atoms with Crippen molar-refractivity contribution in [2.45, 2.75) is 13.0 Å². The molecule has 0 heterocycles. The van der Waals surface area contributed by atoms with Crippen LogP contribution in [0.5, 0.6) is 0 Å². The molecule has 0 aromatic heterocycles. The summed E-state index contributed by atoms with van der Waals surface area (Å²) in [4.78, 5) is 22.6. The van der Waals surface area contributed by atoms with E-state index in [1.54, 1.807) is 0 Å². The Labute approximate surface area is 332 Å². The Bertz CT molecular complexity index is 966. The van der Waals surface area contributed by atoms with Crippen LogP contribution in [0.1, 0.15) is 12.0 Å². The van der Waals surface area contributed by atoms with Crippen LogP contribution in [0, 0.1) is 0 Å². The fourth-order valence-electron chi connectivity index (χ4n) is 4.00. The van der Waals surface area contributed by atoms with Crippen molar-refractivity contribution in [3.05, 3.63) is 35.9 Å². The molecule has 18 nitrogen and oxygen atoms in total. The molecule has 0 atom stereocenters. The third-order valence-electron chi connectivity index (χ3n) is 6.87. The molecule has 326 valence electrons. The highest BCUT2D eigenvalue weighted by Crippen LogP contribution is 2.00. The van der Waals surface area contributed by atoms with E-state index in [0.717, 1.165) is 5.56 Å². The number of rotatable bonds is 44. The summed E-state index contributed by atoms with van der Waals surface area (Å²) in [6.07, 6.45) is -0.235. The molecular weight excluding hydrogens is 742 g/mol. The number of benzene rings is 1. The standard InChI is InChI=1S/C38H67NO17/c1-42-37(40)7-9-43-11-13-45-15-17-47-19-21-49-23-25-51-27-29-53-31-33-55-34-32-54-30-28-52-26-24-50-22-20-48-18-16-46-14-12-44-10-8-39-38(41)56-35-36-5-3-2-4-6-36/h2-6H,7-35H2,1H3,(H,39,41). The summed E-state index contributed by atoms with van der Waals surface area (Å²) in [7, 11) is 1.35. The molecular formula is C38H67NO17. The van der Waals surface area contributed by atoms with Crippen LogP contribution in [-0.4, -0.2) is 197 Å². The van der Waals surface area contributed by atoms with Gasteiger partial charge in [0.05, 0.1) is 185 Å². The van der Waals surface area contributed by atoms with Crippen molar-refractivity contribution in [2.75, 3.05) is 185 Å². The van der Waals surface area contributed by atoms with Gasteiger partial charge in [-0.25, -0.2) is 4.79 Å². The van der Waals surface area contributed by atoms with Crippen LogP contribution in [0.25, 0.3) is 0 Å². The van der Waals surface area contributed by atoms with E-state index in [2.05, 4.69) is 10.1 Å². The largest absolute Gasteiger partial charge is 0.469 e. The molecule has 0 aliphatic heterocycles. The number of methoxy groups -OCH3 is 1. The molecule has 1 amide bonds. The lowest BCUT2D eigenvalue weighted by Crippen LogP contribution is -2.28. The Morgan fingerprint density at radius 1 is 0.411 bits per heavy atom. The van der Waals surface area contributed by atoms with E-state index in [0.29, 0.717) is 178 Å². The second-order valence-corrected chi connectivity index (χ2v) is 11.3. The van der Waals surface area contributed by atoms with Crippen LogP contribution < -0.4 is 5.32 Å². The maximum Gasteiger partial charge on any atom is 0.407 e. The number of alkyl carbamates (subject to hydrolysis) is 1. The molecule has 0 saturated carbocycles. The smallest absolute Gasteiger partial charge is 0.407 e. The summed E-state index contributed by atoms with van der Waals surface area (Å²) < 4.78 is 80.4. The summed E-state index contributed by atoms with van der Waals surface area (Å²) in [6.45, 7) is 12.6. The topological polar surface area (TPSA) is 185 Å². The van der Waals surface area contributed by atoms with Crippen LogP contribution in [-0.2, 0) is 82.5 Å². The van der Waals surface area contributed by atoms with Crippen LogP contribution in [0.4, 0.5) is 4.79 Å². The fraction of sp³-hybridized carbons (Fsp3) is 0.789. The van der Waals surface area contributed by atoms with E-state index in [4.69, 9.17) is 66.3 Å². The van der Waals surface area contributed by atoms with Crippen molar-refractivity contribution in [3.8, 4) is 0 Å². The van der Waals surface area contributed by atoms with Crippen LogP contribution in [0.3, 0.4) is 0 Å². The maximum atomic E-state index is 11.7. The third kappa shape index (κ3) is 39.7. The Hall–Kier alpha value is -2.56. The number of ether oxygens (including phenoxy) is 15. The van der Waals surface area contributed by atoms with Gasteiger partial charge in [-0.1, -0.05) is 30.3 Å². The number of hydrogen-bond acceptors (Lipinski definition) is 17. The zero-order valence-corrected chi connectivity index (χ0v) is 33.3. The van der Waals surface area contributed by atoms with Gasteiger partial charge in [0.25, 0.3) is 0 Å². The molecule has 1 aromatic carbocycles. The second-order valence-electron chi connectivity index (χ2n) is 11.3. The number of carbonyl (C=O) groups is 2. The Morgan fingerprint density at radius 3 is 1.00 bits per heavy atom. The Kier molecular flexibility index (Phi) is 40.0. The van der Waals surface area contributed by atoms with Gasteiger partial charge in [-0.15, -0.1) is 0 Å². The molecule has 0 aliphatic rings. The molecule has 0 fully saturated rings. The van der Waals surface area contributed by atoms with Gasteiger partial charge >= 0.3 is 12.1 Å². The lowest BCUT2D eigenvalue weighted by Gasteiger charge is -2.09. The Morgan fingerprint density at radius 2 is 0.696 bits per heavy atom. The van der Waals surface area contributed by atoms with Gasteiger partial charge in [-0.2, -0.15) is 0 Å². The summed E-state index contributed by atoms with van der Waals surface area (Å²) in [5.74, 6) is -0.290. The van der Waals surface area contributed by atoms with E-state index < -0.39 is 6.09 Å². The van der Waals surface area contributed by atoms with Gasteiger partial charge in [-0.3, -0.25) is 4.79 Å². The molecule has 18 heteroatoms. The molecule has 1 aromatic rings. The average molecular weight is 810 g/mol. The lowest BCUT2D eigenvalue weighted by molar-refractivity contribution is -0.141. The quantitative estimate of drug-likeness (QED) is 0.0741. The summed E-state index contributed by atoms with van der Waals surface area (Å²) >= 11 is 0. The van der Waals surface area contributed by atoms with Crippen LogP contribution >= 0.6 is 0 Å². The zero-order chi connectivity index (χ0) is 40.1. The van der Waals surface area contributed by atoms with E-state index in [1.807, 2.05) is 30.3 Å². The first kappa shape index (κ1) is 51.5. The van der Waals surface area contributed by atoms with E-state index >= 15 is 0 Å². The monoisotopic (exact) mass is 809 g/mol. The minimum atomic E-state index is -0.474. The molecule has 0 radical (unpaired) electrons. The number of nitrogens with one attached hydrogen (secondary N) is 1. The van der Waals surface area contributed by atoms with Crippen molar-refractivity contribution in [1.82, 2.24) is 5.32 Å². The summed E-state index contributed by atoms with van der Waals surface area (Å²) in [6, 6.07) is 9.49. The molecule has 0 unspecified atom stereocenters. The molecule has 0 saturated heterocycles. The summed E-state index contributed by atoms with van der Waals surface area (Å²) in [5.41, 5.74) is 0.934. The minimum absolute atomic E-state index is 0.233. The van der Waals surface area contributed by atoms with Gasteiger partial charge in [0.15, 0.2) is 0 Å². The van der Waals surface area contributed by atoms with Crippen LogP contribution in [0.2, 0.25) is 0 Å². The summed E-state index contributed by atoms with van der Waals surface area (Å²) in [5, 5.41) is 2.64. The molecule has 0 bridgehead atoms. The van der Waals surface area contributed by atoms with Gasteiger partial charge in [0, 0.05) is 6.54 Å². The van der Waals surface area contributed by atoms with Gasteiger partial charge in [0.1, 0.15) is 6.61 Å². The zero-order valence-electron chi connectivity index (χ0n) is 33.3. The molecule has 1 N–H and O–H groups in total. The number of hydrogen-bond donors (Lipinski definition) is 1. The maximum absolute atomic E-state index is 11.7. The lowest BCUT2D eigenvalue weighted by atomic mass is 10.2. The van der Waals surface area contributed by atoms with Crippen molar-refractivity contribution in [2.24, 2.45) is 0 Å². The number of carbonyl (C=O) groups excluding carboxylic acids is 2. The average Bonchev–Trinajstić information content (AvgIpc) is 3.22. The Balaban J connectivity index is 1.62. The predicted octanol–water partition coefficient (Wildman–Crippen LogP) is 1.69. The van der Waals surface area contributed by atoms with Crippen molar-refractivity contribution in [3.63, 3.8) is 0 Å². The van der Waals surface area contributed by atoms with Crippen molar-refractivity contribution < 1.29 is 80.6 Å². The van der Waals surface area contributed by atoms with Gasteiger partial charge in [-0.05, 0) is 5.56 Å². The second kappa shape index (κ2) is 43.6. The van der Waals surface area contributed by atoms with Crippen molar-refractivity contribution >= 4 is 12.1 Å². The SMILES string of the molecule is COC(=O)CCOCCOCCOCCOCCOCCOCCOCCOCCOCCOCCOCCOCCOCCNC(=O)OCc1ccccc1. The molecule has 0 aliphatic carbocycles.